The fourth-order valence-corrected chi connectivity index (χ4v) is 2.24. The molecule has 0 N–H and O–H groups in total. The zero-order valence-corrected chi connectivity index (χ0v) is 10.7. The zero-order valence-electron chi connectivity index (χ0n) is 9.88. The van der Waals surface area contributed by atoms with E-state index in [1.54, 1.807) is 6.92 Å². The lowest BCUT2D eigenvalue weighted by Gasteiger charge is -2.15. The Bertz CT molecular complexity index is 436. The molecule has 1 aliphatic rings. The van der Waals surface area contributed by atoms with E-state index in [0.29, 0.717) is 18.1 Å². The Morgan fingerprint density at radius 3 is 2.47 bits per heavy atom. The molecule has 5 heteroatoms. The van der Waals surface area contributed by atoms with Gasteiger partial charge in [-0.3, -0.25) is 0 Å². The molecule has 0 aliphatic carbocycles. The van der Waals surface area contributed by atoms with E-state index in [9.17, 15) is 4.21 Å². The van der Waals surface area contributed by atoms with Gasteiger partial charge in [-0.05, 0) is 26.0 Å². The summed E-state index contributed by atoms with van der Waals surface area (Å²) in [5.41, 5.74) is 1.13. The molecular weight excluding hydrogens is 238 g/mol. The molecule has 4 nitrogen and oxygen atoms in total. The monoisotopic (exact) mass is 253 g/mol. The van der Waals surface area contributed by atoms with E-state index in [1.807, 2.05) is 31.2 Å². The first-order chi connectivity index (χ1) is 8.09. The quantitative estimate of drug-likeness (QED) is 0.772. The standard InChI is InChI=1S/C12H15NO3S/c1-10-3-5-11(6-4-10)17(14)13-9-12(2)15-7-8-16-12/h3-6,9H,7-8H2,1-2H3/b13-9+. The molecule has 0 saturated carbocycles. The van der Waals surface area contributed by atoms with Crippen LogP contribution in [0.4, 0.5) is 0 Å². The highest BCUT2D eigenvalue weighted by atomic mass is 32.2. The molecule has 1 heterocycles. The van der Waals surface area contributed by atoms with Gasteiger partial charge in [-0.25, -0.2) is 4.21 Å². The molecule has 1 aromatic carbocycles. The molecular formula is C12H15NO3S. The van der Waals surface area contributed by atoms with Crippen molar-refractivity contribution in [1.29, 1.82) is 0 Å². The van der Waals surface area contributed by atoms with Crippen LogP contribution < -0.4 is 0 Å². The second kappa shape index (κ2) is 5.08. The summed E-state index contributed by atoms with van der Waals surface area (Å²) in [5, 5.41) is 0. The van der Waals surface area contributed by atoms with Crippen molar-refractivity contribution in [3.8, 4) is 0 Å². The normalized spacial score (nSPS) is 20.8. The average molecular weight is 253 g/mol. The molecule has 0 aromatic heterocycles. The average Bonchev–Trinajstić information content (AvgIpc) is 2.75. The van der Waals surface area contributed by atoms with Gasteiger partial charge >= 0.3 is 0 Å². The van der Waals surface area contributed by atoms with E-state index in [4.69, 9.17) is 9.47 Å². The molecule has 1 aromatic rings. The summed E-state index contributed by atoms with van der Waals surface area (Å²) in [6.07, 6.45) is 1.47. The van der Waals surface area contributed by atoms with Crippen molar-refractivity contribution >= 4 is 17.2 Å². The Balaban J connectivity index is 2.06. The van der Waals surface area contributed by atoms with E-state index < -0.39 is 16.8 Å². The summed E-state index contributed by atoms with van der Waals surface area (Å²) >= 11 is 0. The van der Waals surface area contributed by atoms with Gasteiger partial charge in [0.2, 0.25) is 5.79 Å². The van der Waals surface area contributed by atoms with Crippen LogP contribution in [0.5, 0.6) is 0 Å². The van der Waals surface area contributed by atoms with Crippen LogP contribution in [0.15, 0.2) is 33.6 Å². The van der Waals surface area contributed by atoms with Crippen LogP contribution in [0.25, 0.3) is 0 Å². The Kier molecular flexibility index (Phi) is 3.71. The summed E-state index contributed by atoms with van der Waals surface area (Å²) < 4.78 is 26.5. The van der Waals surface area contributed by atoms with Crippen molar-refractivity contribution in [3.63, 3.8) is 0 Å². The molecule has 0 bridgehead atoms. The number of benzene rings is 1. The minimum atomic E-state index is -1.40. The Labute approximate surface area is 103 Å². The van der Waals surface area contributed by atoms with Gasteiger partial charge in [-0.15, -0.1) is 0 Å². The molecule has 1 saturated heterocycles. The van der Waals surface area contributed by atoms with Crippen molar-refractivity contribution in [2.24, 2.45) is 4.40 Å². The molecule has 0 radical (unpaired) electrons. The van der Waals surface area contributed by atoms with Gasteiger partial charge in [-0.1, -0.05) is 17.7 Å². The fourth-order valence-electron chi connectivity index (χ4n) is 1.46. The van der Waals surface area contributed by atoms with E-state index in [-0.39, 0.29) is 0 Å². The molecule has 1 aliphatic heterocycles. The van der Waals surface area contributed by atoms with Crippen molar-refractivity contribution < 1.29 is 13.7 Å². The Hall–Kier alpha value is -1.04. The summed E-state index contributed by atoms with van der Waals surface area (Å²) in [6.45, 7) is 4.83. The van der Waals surface area contributed by atoms with Crippen LogP contribution in [0.2, 0.25) is 0 Å². The minimum Gasteiger partial charge on any atom is -0.343 e. The topological polar surface area (TPSA) is 47.9 Å². The highest BCUT2D eigenvalue weighted by molar-refractivity contribution is 7.83. The first kappa shape index (κ1) is 12.4. The maximum Gasteiger partial charge on any atom is 0.203 e. The zero-order chi connectivity index (χ0) is 12.3. The molecule has 2 rings (SSSR count). The van der Waals surface area contributed by atoms with Gasteiger partial charge in [0.1, 0.15) is 0 Å². The van der Waals surface area contributed by atoms with E-state index in [2.05, 4.69) is 4.40 Å². The van der Waals surface area contributed by atoms with Crippen LogP contribution in [0.1, 0.15) is 12.5 Å². The largest absolute Gasteiger partial charge is 0.343 e. The van der Waals surface area contributed by atoms with Gasteiger partial charge in [0.25, 0.3) is 0 Å². The Morgan fingerprint density at radius 1 is 1.29 bits per heavy atom. The van der Waals surface area contributed by atoms with Crippen LogP contribution in [-0.4, -0.2) is 29.4 Å². The number of aryl methyl sites for hydroxylation is 1. The summed E-state index contributed by atoms with van der Waals surface area (Å²) in [4.78, 5) is 0.674. The van der Waals surface area contributed by atoms with E-state index >= 15 is 0 Å². The van der Waals surface area contributed by atoms with Gasteiger partial charge < -0.3 is 9.47 Å². The third-order valence-electron chi connectivity index (χ3n) is 2.47. The maximum absolute atomic E-state index is 11.9. The van der Waals surface area contributed by atoms with Crippen LogP contribution in [0.3, 0.4) is 0 Å². The lowest BCUT2D eigenvalue weighted by Crippen LogP contribution is -2.27. The third kappa shape index (κ3) is 3.21. The molecule has 0 amide bonds. The maximum atomic E-state index is 11.9. The summed E-state index contributed by atoms with van der Waals surface area (Å²) in [6, 6.07) is 7.43. The number of hydrogen-bond donors (Lipinski definition) is 0. The van der Waals surface area contributed by atoms with Crippen molar-refractivity contribution in [1.82, 2.24) is 0 Å². The Morgan fingerprint density at radius 2 is 1.88 bits per heavy atom. The van der Waals surface area contributed by atoms with Crippen LogP contribution in [0, 0.1) is 6.92 Å². The molecule has 1 atom stereocenters. The van der Waals surface area contributed by atoms with Gasteiger partial charge in [0.15, 0.2) is 11.0 Å². The van der Waals surface area contributed by atoms with Crippen molar-refractivity contribution in [2.45, 2.75) is 24.5 Å². The molecule has 92 valence electrons. The predicted molar refractivity (Wildman–Crippen MR) is 66.4 cm³/mol. The number of nitrogens with zero attached hydrogens (tertiary/aromatic N) is 1. The van der Waals surface area contributed by atoms with Crippen LogP contribution in [-0.2, 0) is 20.5 Å². The summed E-state index contributed by atoms with van der Waals surface area (Å²) in [7, 11) is -1.40. The predicted octanol–water partition coefficient (Wildman–Crippen LogP) is 1.85. The fraction of sp³-hybridized carbons (Fsp3) is 0.417. The molecule has 1 unspecified atom stereocenters. The highest BCUT2D eigenvalue weighted by Gasteiger charge is 2.29. The number of hydrogen-bond acceptors (Lipinski definition) is 3. The van der Waals surface area contributed by atoms with Crippen molar-refractivity contribution in [2.75, 3.05) is 13.2 Å². The first-order valence-corrected chi connectivity index (χ1v) is 6.51. The van der Waals surface area contributed by atoms with Gasteiger partial charge in [0.05, 0.1) is 24.3 Å². The van der Waals surface area contributed by atoms with E-state index in [0.717, 1.165) is 5.56 Å². The number of ether oxygens (including phenoxy) is 2. The van der Waals surface area contributed by atoms with E-state index in [1.165, 1.54) is 6.21 Å². The first-order valence-electron chi connectivity index (χ1n) is 5.41. The van der Waals surface area contributed by atoms with Crippen LogP contribution >= 0.6 is 0 Å². The lowest BCUT2D eigenvalue weighted by molar-refractivity contribution is -0.0772. The number of rotatable bonds is 3. The smallest absolute Gasteiger partial charge is 0.203 e. The van der Waals surface area contributed by atoms with Gasteiger partial charge in [-0.2, -0.15) is 4.40 Å². The second-order valence-electron chi connectivity index (χ2n) is 4.01. The summed E-state index contributed by atoms with van der Waals surface area (Å²) in [5.74, 6) is -0.833. The van der Waals surface area contributed by atoms with Gasteiger partial charge in [0, 0.05) is 0 Å². The lowest BCUT2D eigenvalue weighted by atomic mass is 10.2. The molecule has 1 fully saturated rings. The minimum absolute atomic E-state index is 0.541. The molecule has 17 heavy (non-hydrogen) atoms. The highest BCUT2D eigenvalue weighted by Crippen LogP contribution is 2.17. The third-order valence-corrected chi connectivity index (χ3v) is 3.44. The SMILES string of the molecule is Cc1ccc(S(=O)/N=C/C2(C)OCCO2)cc1. The second-order valence-corrected chi connectivity index (χ2v) is 5.19. The van der Waals surface area contributed by atoms with Crippen molar-refractivity contribution in [3.05, 3.63) is 29.8 Å². The molecule has 0 spiro atoms.